The second-order valence-corrected chi connectivity index (χ2v) is 12.5. The van der Waals surface area contributed by atoms with Crippen molar-refractivity contribution in [2.24, 2.45) is 0 Å². The zero-order valence-corrected chi connectivity index (χ0v) is 26.2. The molecule has 1 amide bonds. The van der Waals surface area contributed by atoms with Crippen LogP contribution in [0.15, 0.2) is 113 Å². The van der Waals surface area contributed by atoms with Crippen molar-refractivity contribution in [2.75, 3.05) is 12.0 Å². The first-order valence-corrected chi connectivity index (χ1v) is 16.0. The normalized spacial score (nSPS) is 15.8. The van der Waals surface area contributed by atoms with E-state index in [0.29, 0.717) is 39.3 Å². The van der Waals surface area contributed by atoms with Gasteiger partial charge < -0.3 is 14.6 Å². The highest BCUT2D eigenvalue weighted by molar-refractivity contribution is 8.00. The number of amides is 1. The number of anilines is 1. The zero-order valence-electron chi connectivity index (χ0n) is 24.5. The van der Waals surface area contributed by atoms with E-state index in [1.807, 2.05) is 43.3 Å². The van der Waals surface area contributed by atoms with Crippen molar-refractivity contribution in [3.05, 3.63) is 137 Å². The largest absolute Gasteiger partial charge is 0.507 e. The van der Waals surface area contributed by atoms with Crippen molar-refractivity contribution >= 4 is 45.7 Å². The van der Waals surface area contributed by atoms with Gasteiger partial charge in [0.05, 0.1) is 18.7 Å². The molecule has 1 aromatic heterocycles. The number of hydrogen-bond donors (Lipinski definition) is 1. The van der Waals surface area contributed by atoms with Crippen LogP contribution in [0.4, 0.5) is 5.13 Å². The number of hydrogen-bond acceptors (Lipinski definition) is 9. The first kappa shape index (κ1) is 30.1. The maximum atomic E-state index is 13.6. The zero-order chi connectivity index (χ0) is 31.3. The molecule has 5 aromatic rings. The first-order valence-electron chi connectivity index (χ1n) is 14.2. The molecule has 1 N–H and O–H groups in total. The molecular formula is C35H29N3O5S2. The quantitative estimate of drug-likeness (QED) is 0.0559. The molecule has 1 aliphatic rings. The number of aliphatic hydroxyl groups excluding tert-OH is 1. The molecule has 1 aliphatic heterocycles. The highest BCUT2D eigenvalue weighted by Crippen LogP contribution is 2.45. The van der Waals surface area contributed by atoms with Crippen LogP contribution in [0.5, 0.6) is 11.5 Å². The van der Waals surface area contributed by atoms with E-state index in [9.17, 15) is 14.7 Å². The number of nitrogens with zero attached hydrogens (tertiary/aromatic N) is 3. The van der Waals surface area contributed by atoms with E-state index in [1.54, 1.807) is 42.5 Å². The van der Waals surface area contributed by atoms with Gasteiger partial charge in [0, 0.05) is 11.3 Å². The van der Waals surface area contributed by atoms with Gasteiger partial charge in [0.1, 0.15) is 12.4 Å². The van der Waals surface area contributed by atoms with Gasteiger partial charge in [-0.15, -0.1) is 10.2 Å². The molecule has 0 spiro atoms. The molecule has 8 nitrogen and oxygen atoms in total. The first-order chi connectivity index (χ1) is 21.9. The number of carbonyl (C=O) groups is 2. The van der Waals surface area contributed by atoms with Crippen molar-refractivity contribution in [1.82, 2.24) is 10.2 Å². The van der Waals surface area contributed by atoms with Gasteiger partial charge in [-0.2, -0.15) is 0 Å². The number of ether oxygens (including phenoxy) is 2. The van der Waals surface area contributed by atoms with Crippen LogP contribution in [-0.2, 0) is 21.9 Å². The molecule has 0 saturated carbocycles. The molecule has 4 aromatic carbocycles. The molecule has 1 saturated heterocycles. The number of aliphatic hydroxyl groups is 1. The second kappa shape index (κ2) is 13.4. The molecule has 1 unspecified atom stereocenters. The van der Waals surface area contributed by atoms with Crippen LogP contribution < -0.4 is 14.4 Å². The fourth-order valence-corrected chi connectivity index (χ4v) is 6.82. The monoisotopic (exact) mass is 635 g/mol. The van der Waals surface area contributed by atoms with Crippen molar-refractivity contribution in [2.45, 2.75) is 29.7 Å². The summed E-state index contributed by atoms with van der Waals surface area (Å²) >= 11 is 2.72. The Bertz CT molecular complexity index is 1860. The summed E-state index contributed by atoms with van der Waals surface area (Å²) in [6.45, 7) is 2.37. The molecule has 226 valence electrons. The third-order valence-corrected chi connectivity index (χ3v) is 9.44. The number of carbonyl (C=O) groups excluding carboxylic acids is 2. The minimum absolute atomic E-state index is 0.0461. The third-order valence-electron chi connectivity index (χ3n) is 7.32. The number of thioether (sulfide) groups is 1. The second-order valence-electron chi connectivity index (χ2n) is 10.3. The number of methoxy groups -OCH3 is 1. The van der Waals surface area contributed by atoms with Crippen LogP contribution in [0.1, 0.15) is 33.9 Å². The molecule has 6 rings (SSSR count). The number of aromatic nitrogens is 2. The number of aryl methyl sites for hydroxylation is 1. The van der Waals surface area contributed by atoms with Gasteiger partial charge in [-0.25, -0.2) is 0 Å². The van der Waals surface area contributed by atoms with E-state index in [-0.39, 0.29) is 16.5 Å². The highest BCUT2D eigenvalue weighted by atomic mass is 32.2. The Morgan fingerprint density at radius 3 is 2.31 bits per heavy atom. The van der Waals surface area contributed by atoms with Crippen LogP contribution in [0.25, 0.3) is 5.76 Å². The van der Waals surface area contributed by atoms with Gasteiger partial charge in [0.2, 0.25) is 5.13 Å². The Balaban J connectivity index is 1.36. The molecule has 2 heterocycles. The number of Topliss-reactive ketones (excluding diaryl/α,β-unsaturated/α-hetero) is 1. The summed E-state index contributed by atoms with van der Waals surface area (Å²) in [6.07, 6.45) is 0. The Hall–Kier alpha value is -4.93. The molecule has 1 fully saturated rings. The minimum atomic E-state index is -0.981. The summed E-state index contributed by atoms with van der Waals surface area (Å²) in [5, 5.41) is 20.3. The highest BCUT2D eigenvalue weighted by Gasteiger charge is 2.48. The molecule has 10 heteroatoms. The fraction of sp³-hybridized carbons (Fsp3) is 0.143. The average molecular weight is 636 g/mol. The predicted octanol–water partition coefficient (Wildman–Crippen LogP) is 7.35. The number of benzene rings is 4. The van der Waals surface area contributed by atoms with Crippen molar-refractivity contribution in [3.63, 3.8) is 0 Å². The summed E-state index contributed by atoms with van der Waals surface area (Å²) in [6, 6.07) is 30.9. The molecule has 1 atom stereocenters. The summed E-state index contributed by atoms with van der Waals surface area (Å²) < 4.78 is 12.4. The average Bonchev–Trinajstić information content (AvgIpc) is 3.65. The van der Waals surface area contributed by atoms with Gasteiger partial charge in [-0.05, 0) is 35.7 Å². The van der Waals surface area contributed by atoms with Gasteiger partial charge in [-0.3, -0.25) is 14.5 Å². The number of ketones is 1. The lowest BCUT2D eigenvalue weighted by Gasteiger charge is -2.23. The Labute approximate surface area is 269 Å². The van der Waals surface area contributed by atoms with Gasteiger partial charge in [0.25, 0.3) is 5.78 Å². The summed E-state index contributed by atoms with van der Waals surface area (Å²) in [5.74, 6) is -0.298. The van der Waals surface area contributed by atoms with Crippen LogP contribution in [0.2, 0.25) is 0 Å². The smallest absolute Gasteiger partial charge is 0.301 e. The van der Waals surface area contributed by atoms with Crippen LogP contribution >= 0.6 is 23.1 Å². The Kier molecular flexibility index (Phi) is 8.95. The molecule has 45 heavy (non-hydrogen) atoms. The van der Waals surface area contributed by atoms with Crippen molar-refractivity contribution in [1.29, 1.82) is 0 Å². The predicted molar refractivity (Wildman–Crippen MR) is 176 cm³/mol. The lowest BCUT2D eigenvalue weighted by Crippen LogP contribution is -2.29. The SMILES string of the molecule is COc1cc(C2/C(=C(/O)c3ccccc3)C(=O)C(=O)N2c2nnc(SCc3ccc(C)cc3)s2)ccc1OCc1ccccc1. The van der Waals surface area contributed by atoms with Crippen molar-refractivity contribution in [3.8, 4) is 11.5 Å². The van der Waals surface area contributed by atoms with Crippen molar-refractivity contribution < 1.29 is 24.2 Å². The molecule has 0 aliphatic carbocycles. The molecular weight excluding hydrogens is 607 g/mol. The summed E-state index contributed by atoms with van der Waals surface area (Å²) in [7, 11) is 1.53. The van der Waals surface area contributed by atoms with E-state index in [0.717, 1.165) is 11.1 Å². The van der Waals surface area contributed by atoms with Crippen LogP contribution in [0.3, 0.4) is 0 Å². The van der Waals surface area contributed by atoms with Crippen LogP contribution in [0, 0.1) is 6.92 Å². The topological polar surface area (TPSA) is 102 Å². The Morgan fingerprint density at radius 1 is 0.889 bits per heavy atom. The van der Waals surface area contributed by atoms with E-state index in [4.69, 9.17) is 9.47 Å². The van der Waals surface area contributed by atoms with E-state index < -0.39 is 17.7 Å². The fourth-order valence-electron chi connectivity index (χ4n) is 4.99. The summed E-state index contributed by atoms with van der Waals surface area (Å²) in [4.78, 5) is 28.6. The maximum absolute atomic E-state index is 13.6. The number of rotatable bonds is 10. The lowest BCUT2D eigenvalue weighted by atomic mass is 9.95. The third kappa shape index (κ3) is 6.47. The lowest BCUT2D eigenvalue weighted by molar-refractivity contribution is -0.132. The van der Waals surface area contributed by atoms with Gasteiger partial charge in [0.15, 0.2) is 15.8 Å². The maximum Gasteiger partial charge on any atom is 0.301 e. The van der Waals surface area contributed by atoms with E-state index in [1.165, 1.54) is 40.7 Å². The molecule has 0 radical (unpaired) electrons. The van der Waals surface area contributed by atoms with E-state index >= 15 is 0 Å². The minimum Gasteiger partial charge on any atom is -0.507 e. The standard InChI is InChI=1S/C35H29N3O5S2/c1-22-13-15-24(16-14-22)21-44-35-37-36-34(45-35)38-30(29(32(40)33(38)41)31(39)25-11-7-4-8-12-25)26-17-18-27(28(19-26)42-2)43-20-23-9-5-3-6-10-23/h3-19,30,39H,20-21H2,1-2H3/b31-29-. The Morgan fingerprint density at radius 2 is 1.60 bits per heavy atom. The van der Waals surface area contributed by atoms with Gasteiger partial charge in [-0.1, -0.05) is 120 Å². The van der Waals surface area contributed by atoms with Crippen LogP contribution in [-0.4, -0.2) is 34.1 Å². The van der Waals surface area contributed by atoms with Gasteiger partial charge >= 0.3 is 5.91 Å². The van der Waals surface area contributed by atoms with E-state index in [2.05, 4.69) is 34.5 Å². The molecule has 0 bridgehead atoms. The summed E-state index contributed by atoms with van der Waals surface area (Å²) in [5.41, 5.74) is 4.22.